The normalized spacial score (nSPS) is 12.5. The largest absolute Gasteiger partial charge is 0.611 e. The number of nitrogens with zero attached hydrogens (tertiary/aromatic N) is 1. The van der Waals surface area contributed by atoms with Gasteiger partial charge in [-0.25, -0.2) is 4.99 Å². The molecule has 0 fully saturated rings. The Labute approximate surface area is 209 Å². The van der Waals surface area contributed by atoms with Gasteiger partial charge in [0.15, 0.2) is 0 Å². The number of nitrogens with one attached hydrogen (secondary N) is 1. The fraction of sp³-hybridized carbons (Fsp3) is 0.875. The lowest BCUT2D eigenvalue weighted by Crippen LogP contribution is -2.22. The van der Waals surface area contributed by atoms with E-state index in [-0.39, 0.29) is 17.6 Å². The van der Waals surface area contributed by atoms with E-state index >= 15 is 0 Å². The van der Waals surface area contributed by atoms with Crippen LogP contribution in [0.25, 0.3) is 0 Å². The number of hydrogen-bond acceptors (Lipinski definition) is 11. The predicted octanol–water partition coefficient (Wildman–Crippen LogP) is 4.45. The van der Waals surface area contributed by atoms with Gasteiger partial charge in [0.2, 0.25) is 5.55 Å². The van der Waals surface area contributed by atoms with Crippen LogP contribution in [0, 0.1) is 0 Å². The first-order chi connectivity index (χ1) is 14.2. The monoisotopic (exact) mass is 556 g/mol. The second-order valence-electron chi connectivity index (χ2n) is 4.98. The summed E-state index contributed by atoms with van der Waals surface area (Å²) in [6, 6.07) is 0. The molecule has 5 nitrogen and oxygen atoms in total. The molecule has 0 saturated heterocycles. The van der Waals surface area contributed by atoms with Crippen molar-refractivity contribution in [3.05, 3.63) is 0 Å². The first-order valence-electron chi connectivity index (χ1n) is 9.05. The van der Waals surface area contributed by atoms with Gasteiger partial charge in [0.25, 0.3) is 5.24 Å². The minimum absolute atomic E-state index is 0.0681. The second kappa shape index (κ2) is 26.1. The van der Waals surface area contributed by atoms with Crippen molar-refractivity contribution in [3.63, 3.8) is 0 Å². The average Bonchev–Trinajstić information content (AvgIpc) is 2.71. The smallest absolute Gasteiger partial charge is 0.279 e. The molecule has 0 aliphatic rings. The molecule has 0 aromatic carbocycles. The lowest BCUT2D eigenvalue weighted by molar-refractivity contribution is 0.261. The van der Waals surface area contributed by atoms with Gasteiger partial charge in [-0.05, 0) is 16.9 Å². The van der Waals surface area contributed by atoms with Crippen LogP contribution in [0.5, 0.6) is 0 Å². The Balaban J connectivity index is 3.23. The van der Waals surface area contributed by atoms with Crippen LogP contribution < -0.4 is 5.32 Å². The summed E-state index contributed by atoms with van der Waals surface area (Å²) in [6.07, 6.45) is 0. The van der Waals surface area contributed by atoms with E-state index in [1.807, 2.05) is 70.6 Å². The Morgan fingerprint density at radius 3 is 2.34 bits per heavy atom. The van der Waals surface area contributed by atoms with Gasteiger partial charge in [0.05, 0.1) is 13.2 Å². The maximum absolute atomic E-state index is 11.7. The number of aliphatic hydroxyl groups excluding tert-OH is 1. The number of amides is 1. The molecule has 0 heterocycles. The first kappa shape index (κ1) is 30.9. The molecule has 29 heavy (non-hydrogen) atoms. The van der Waals surface area contributed by atoms with Crippen molar-refractivity contribution in [1.82, 2.24) is 5.32 Å². The van der Waals surface area contributed by atoms with Crippen LogP contribution in [-0.4, -0.2) is 95.0 Å². The van der Waals surface area contributed by atoms with E-state index in [9.17, 15) is 9.35 Å². The molecule has 13 heteroatoms. The summed E-state index contributed by atoms with van der Waals surface area (Å²) in [5, 5.41) is 16.0. The molecule has 0 spiro atoms. The van der Waals surface area contributed by atoms with Crippen molar-refractivity contribution >= 4 is 104 Å². The third-order valence-corrected chi connectivity index (χ3v) is 11.9. The van der Waals surface area contributed by atoms with Crippen molar-refractivity contribution in [2.45, 2.75) is 6.92 Å². The Morgan fingerprint density at radius 2 is 1.66 bits per heavy atom. The van der Waals surface area contributed by atoms with Crippen LogP contribution >= 0.6 is 82.3 Å². The fourth-order valence-corrected chi connectivity index (χ4v) is 9.40. The molecule has 2 N–H and O–H groups in total. The SMILES string of the molecule is CCSCSCSCCSC(=O)NCCSCSCSCC/N=C/[S+]([O-])CCO. The zero-order valence-electron chi connectivity index (χ0n) is 16.7. The second-order valence-corrected chi connectivity index (χ2v) is 15.5. The van der Waals surface area contributed by atoms with E-state index in [1.165, 1.54) is 23.1 Å². The molecule has 0 aromatic rings. The summed E-state index contributed by atoms with van der Waals surface area (Å²) in [4.78, 5) is 15.8. The zero-order chi connectivity index (χ0) is 21.4. The van der Waals surface area contributed by atoms with Crippen LogP contribution in [0.15, 0.2) is 4.99 Å². The molecule has 0 aromatic heterocycles. The van der Waals surface area contributed by atoms with Crippen molar-refractivity contribution in [1.29, 1.82) is 0 Å². The van der Waals surface area contributed by atoms with E-state index < -0.39 is 11.2 Å². The highest BCUT2D eigenvalue weighted by molar-refractivity contribution is 8.23. The molecule has 1 amide bonds. The molecule has 0 aliphatic heterocycles. The van der Waals surface area contributed by atoms with Gasteiger partial charge in [-0.1, -0.05) is 18.7 Å². The molecular formula is C16H32N2O3S8. The van der Waals surface area contributed by atoms with Crippen molar-refractivity contribution in [2.75, 3.05) is 74.6 Å². The Bertz CT molecular complexity index is 397. The van der Waals surface area contributed by atoms with Crippen LogP contribution in [0.1, 0.15) is 6.92 Å². The van der Waals surface area contributed by atoms with Crippen LogP contribution in [0.2, 0.25) is 0 Å². The van der Waals surface area contributed by atoms with Crippen molar-refractivity contribution < 1.29 is 14.5 Å². The van der Waals surface area contributed by atoms with Crippen molar-refractivity contribution in [3.8, 4) is 0 Å². The lowest BCUT2D eigenvalue weighted by atomic mass is 10.8. The third kappa shape index (κ3) is 26.0. The van der Waals surface area contributed by atoms with Crippen molar-refractivity contribution in [2.24, 2.45) is 4.99 Å². The molecule has 1 atom stereocenters. The molecule has 0 saturated carbocycles. The van der Waals surface area contributed by atoms with Gasteiger partial charge in [-0.3, -0.25) is 4.79 Å². The Morgan fingerprint density at radius 1 is 1.00 bits per heavy atom. The summed E-state index contributed by atoms with van der Waals surface area (Å²) in [7, 11) is 0. The van der Waals surface area contributed by atoms with Gasteiger partial charge in [0, 0.05) is 49.9 Å². The Kier molecular flexibility index (Phi) is 27.8. The van der Waals surface area contributed by atoms with E-state index in [2.05, 4.69) is 17.2 Å². The van der Waals surface area contributed by atoms with Gasteiger partial charge in [-0.15, -0.1) is 47.0 Å². The maximum atomic E-state index is 11.7. The molecule has 0 bridgehead atoms. The number of hydrogen-bond donors (Lipinski definition) is 2. The van der Waals surface area contributed by atoms with E-state index in [1.54, 1.807) is 0 Å². The van der Waals surface area contributed by atoms with Gasteiger partial charge in [-0.2, -0.15) is 23.5 Å². The van der Waals surface area contributed by atoms with Crippen LogP contribution in [0.4, 0.5) is 4.79 Å². The molecule has 0 radical (unpaired) electrons. The minimum atomic E-state index is -1.14. The van der Waals surface area contributed by atoms with E-state index in [0.717, 1.165) is 49.9 Å². The number of carbonyl (C=O) groups excluding carboxylic acids is 1. The number of thioether (sulfide) groups is 7. The van der Waals surface area contributed by atoms with Gasteiger partial charge < -0.3 is 15.0 Å². The highest BCUT2D eigenvalue weighted by atomic mass is 32.2. The summed E-state index contributed by atoms with van der Waals surface area (Å²) in [5.41, 5.74) is 1.43. The lowest BCUT2D eigenvalue weighted by Gasteiger charge is -2.05. The zero-order valence-corrected chi connectivity index (χ0v) is 23.3. The molecule has 0 aliphatic carbocycles. The summed E-state index contributed by atoms with van der Waals surface area (Å²) in [6.45, 7) is 3.50. The highest BCUT2D eigenvalue weighted by Gasteiger charge is 2.02. The molecule has 0 rings (SSSR count). The Hall–Kier alpha value is 1.86. The number of rotatable bonds is 21. The highest BCUT2D eigenvalue weighted by Crippen LogP contribution is 2.19. The van der Waals surface area contributed by atoms with E-state index in [0.29, 0.717) is 6.54 Å². The molecule has 172 valence electrons. The number of aliphatic hydroxyl groups is 1. The maximum Gasteiger partial charge on any atom is 0.279 e. The summed E-state index contributed by atoms with van der Waals surface area (Å²) < 4.78 is 11.2. The quantitative estimate of drug-likeness (QED) is 0.0695. The van der Waals surface area contributed by atoms with E-state index in [4.69, 9.17) is 5.11 Å². The molecular weight excluding hydrogens is 525 g/mol. The summed E-state index contributed by atoms with van der Waals surface area (Å²) in [5.74, 6) is 5.19. The number of carbonyl (C=O) groups is 1. The van der Waals surface area contributed by atoms with Gasteiger partial charge in [0.1, 0.15) is 5.75 Å². The first-order valence-corrected chi connectivity index (χ1v) is 18.3. The fourth-order valence-electron chi connectivity index (χ4n) is 1.43. The molecule has 1 unspecified atom stereocenters. The van der Waals surface area contributed by atoms with Crippen LogP contribution in [-0.2, 0) is 11.2 Å². The predicted molar refractivity (Wildman–Crippen MR) is 149 cm³/mol. The van der Waals surface area contributed by atoms with Crippen LogP contribution in [0.3, 0.4) is 0 Å². The average molecular weight is 557 g/mol. The topological polar surface area (TPSA) is 84.8 Å². The summed E-state index contributed by atoms with van der Waals surface area (Å²) >= 11 is 11.6. The van der Waals surface area contributed by atoms with Gasteiger partial charge >= 0.3 is 0 Å². The third-order valence-electron chi connectivity index (χ3n) is 2.70. The minimum Gasteiger partial charge on any atom is -0.611 e. The standard InChI is InChI=1S/C16H32N2O3S8/c1-2-22-12-26-15-25-8-9-28-16(20)18-4-7-24-14-27-13-23-6-3-17-11-29(21)10-5-19/h11,19H,2-10,12-15H2,1H3,(H,18,20)/b17-11+. The number of aliphatic imine (C=N–C) groups is 1.